The molecule has 0 spiro atoms. The molecule has 1 saturated heterocycles. The maximum Gasteiger partial charge on any atom is 0.246 e. The predicted octanol–water partition coefficient (Wildman–Crippen LogP) is 3.41. The van der Waals surface area contributed by atoms with Crippen molar-refractivity contribution in [2.24, 2.45) is 0 Å². The van der Waals surface area contributed by atoms with Crippen LogP contribution in [-0.2, 0) is 9.59 Å². The van der Waals surface area contributed by atoms with Crippen LogP contribution in [0.4, 0.5) is 5.69 Å². The number of hydrogen-bond donors (Lipinski definition) is 4. The second-order valence-corrected chi connectivity index (χ2v) is 8.49. The van der Waals surface area contributed by atoms with Crippen molar-refractivity contribution in [3.8, 4) is 11.1 Å². The maximum atomic E-state index is 12.9. The van der Waals surface area contributed by atoms with Crippen LogP contribution in [0.15, 0.2) is 72.8 Å². The van der Waals surface area contributed by atoms with Crippen molar-refractivity contribution >= 4 is 40.7 Å². The first-order valence-corrected chi connectivity index (χ1v) is 10.9. The molecule has 0 bridgehead atoms. The van der Waals surface area contributed by atoms with Gasteiger partial charge in [-0.2, -0.15) is 0 Å². The monoisotopic (exact) mass is 485 g/mol. The van der Waals surface area contributed by atoms with Crippen LogP contribution in [0, 0.1) is 0 Å². The molecule has 170 valence electrons. The summed E-state index contributed by atoms with van der Waals surface area (Å²) in [5.74, 6) is -1.08. The molecule has 1 heterocycles. The lowest BCUT2D eigenvalue weighted by Crippen LogP contribution is -2.42. The fourth-order valence-corrected chi connectivity index (χ4v) is 3.89. The van der Waals surface area contributed by atoms with Gasteiger partial charge in [-0.05, 0) is 59.2 Å². The van der Waals surface area contributed by atoms with E-state index in [1.807, 2.05) is 18.2 Å². The molecular weight excluding hydrogens is 465 g/mol. The Hall–Kier alpha value is -2.94. The summed E-state index contributed by atoms with van der Waals surface area (Å²) < 4.78 is 0. The average molecular weight is 486 g/mol. The summed E-state index contributed by atoms with van der Waals surface area (Å²) in [6.07, 6.45) is -2.64. The normalized spacial score (nSPS) is 18.9. The fourth-order valence-electron chi connectivity index (χ4n) is 3.64. The molecule has 3 unspecified atom stereocenters. The van der Waals surface area contributed by atoms with Gasteiger partial charge in [0.05, 0.1) is 0 Å². The van der Waals surface area contributed by atoms with Crippen molar-refractivity contribution in [1.29, 1.82) is 0 Å². The average Bonchev–Trinajstić information content (AvgIpc) is 3.09. The second-order valence-electron chi connectivity index (χ2n) is 7.62. The number of nitrogens with one attached hydrogen (secondary N) is 2. The van der Waals surface area contributed by atoms with Crippen LogP contribution >= 0.6 is 23.2 Å². The van der Waals surface area contributed by atoms with E-state index >= 15 is 0 Å². The molecule has 3 aromatic rings. The van der Waals surface area contributed by atoms with Crippen molar-refractivity contribution < 1.29 is 19.8 Å². The topological polar surface area (TPSA) is 102 Å². The Kier molecular flexibility index (Phi) is 6.97. The Balaban J connectivity index is 1.45. The Morgan fingerprint density at radius 1 is 1.00 bits per heavy atom. The molecule has 4 rings (SSSR count). The molecule has 1 aliphatic heterocycles. The minimum atomic E-state index is -1.41. The van der Waals surface area contributed by atoms with Crippen LogP contribution in [0.1, 0.15) is 11.7 Å². The highest BCUT2D eigenvalue weighted by Crippen LogP contribution is 2.28. The molecule has 0 aliphatic carbocycles. The molecule has 7 nitrogen and oxygen atoms in total. The van der Waals surface area contributed by atoms with Gasteiger partial charge < -0.3 is 15.5 Å². The van der Waals surface area contributed by atoms with Crippen LogP contribution in [0.2, 0.25) is 10.0 Å². The molecule has 2 amide bonds. The molecular formula is C24H21Cl2N3O4. The van der Waals surface area contributed by atoms with Gasteiger partial charge in [-0.3, -0.25) is 19.8 Å². The number of carbonyl (C=O) groups is 2. The number of anilines is 1. The summed E-state index contributed by atoms with van der Waals surface area (Å²) in [5, 5.41) is 27.6. The van der Waals surface area contributed by atoms with E-state index in [-0.39, 0.29) is 6.54 Å². The fraction of sp³-hybridized carbons (Fsp3) is 0.167. The van der Waals surface area contributed by atoms with Gasteiger partial charge in [-0.1, -0.05) is 53.5 Å². The van der Waals surface area contributed by atoms with E-state index in [0.717, 1.165) is 16.0 Å². The summed E-state index contributed by atoms with van der Waals surface area (Å²) in [6.45, 7) is -0.385. The highest BCUT2D eigenvalue weighted by Gasteiger charge is 2.43. The van der Waals surface area contributed by atoms with E-state index in [1.165, 1.54) is 0 Å². The first-order valence-electron chi connectivity index (χ1n) is 10.2. The highest BCUT2D eigenvalue weighted by molar-refractivity contribution is 6.30. The van der Waals surface area contributed by atoms with Gasteiger partial charge in [0, 0.05) is 15.7 Å². The molecule has 0 saturated carbocycles. The van der Waals surface area contributed by atoms with Crippen LogP contribution < -0.4 is 10.6 Å². The van der Waals surface area contributed by atoms with Crippen LogP contribution in [0.25, 0.3) is 11.1 Å². The third kappa shape index (κ3) is 5.35. The molecule has 9 heteroatoms. The van der Waals surface area contributed by atoms with Crippen molar-refractivity contribution in [3.05, 3.63) is 88.4 Å². The smallest absolute Gasteiger partial charge is 0.246 e. The number of hydrogen-bond acceptors (Lipinski definition) is 5. The Morgan fingerprint density at radius 2 is 1.64 bits per heavy atom. The Morgan fingerprint density at radius 3 is 2.30 bits per heavy atom. The standard InChI is InChI=1S/C24H21Cl2N3O4/c25-17-6-4-14(5-7-17)15-2-1-3-16(12-15)22(31)21-23(32)29(24(33)28-21)13-20(30)27-19-10-8-18(26)9-11-19/h1-12,21-22,24,28,31,33H,13H2,(H,27,30). The Bertz CT molecular complexity index is 1160. The van der Waals surface area contributed by atoms with Crippen LogP contribution in [0.3, 0.4) is 0 Å². The van der Waals surface area contributed by atoms with E-state index in [0.29, 0.717) is 21.3 Å². The summed E-state index contributed by atoms with van der Waals surface area (Å²) in [7, 11) is 0. The van der Waals surface area contributed by atoms with Gasteiger partial charge in [0.25, 0.3) is 0 Å². The zero-order valence-corrected chi connectivity index (χ0v) is 18.8. The van der Waals surface area contributed by atoms with E-state index < -0.39 is 30.3 Å². The third-order valence-electron chi connectivity index (χ3n) is 5.34. The molecule has 1 aliphatic rings. The van der Waals surface area contributed by atoms with Gasteiger partial charge in [0.2, 0.25) is 11.8 Å². The number of benzene rings is 3. The molecule has 3 aromatic carbocycles. The van der Waals surface area contributed by atoms with Gasteiger partial charge >= 0.3 is 0 Å². The zero-order chi connectivity index (χ0) is 23.5. The molecule has 0 aromatic heterocycles. The zero-order valence-electron chi connectivity index (χ0n) is 17.3. The number of amides is 2. The van der Waals surface area contributed by atoms with E-state index in [4.69, 9.17) is 23.2 Å². The van der Waals surface area contributed by atoms with Gasteiger partial charge in [-0.15, -0.1) is 0 Å². The first-order chi connectivity index (χ1) is 15.8. The Labute approximate surface area is 200 Å². The summed E-state index contributed by atoms with van der Waals surface area (Å²) in [4.78, 5) is 26.2. The van der Waals surface area contributed by atoms with Crippen molar-refractivity contribution in [2.75, 3.05) is 11.9 Å². The SMILES string of the molecule is O=C(CN1C(=O)C(C(O)c2cccc(-c3ccc(Cl)cc3)c2)NC1O)Nc1ccc(Cl)cc1. The van der Waals surface area contributed by atoms with Gasteiger partial charge in [-0.25, -0.2) is 0 Å². The second kappa shape index (κ2) is 9.91. The summed E-state index contributed by atoms with van der Waals surface area (Å²) in [6, 6.07) is 19.8. The minimum Gasteiger partial charge on any atom is -0.386 e. The van der Waals surface area contributed by atoms with E-state index in [1.54, 1.807) is 54.6 Å². The van der Waals surface area contributed by atoms with Gasteiger partial charge in [0.1, 0.15) is 18.7 Å². The lowest BCUT2D eigenvalue weighted by Gasteiger charge is -2.19. The summed E-state index contributed by atoms with van der Waals surface area (Å²) >= 11 is 11.8. The number of aliphatic hydroxyl groups excluding tert-OH is 2. The number of nitrogens with zero attached hydrogens (tertiary/aromatic N) is 1. The largest absolute Gasteiger partial charge is 0.386 e. The maximum absolute atomic E-state index is 12.9. The van der Waals surface area contributed by atoms with Crippen molar-refractivity contribution in [1.82, 2.24) is 10.2 Å². The number of rotatable bonds is 6. The molecule has 3 atom stereocenters. The number of aliphatic hydroxyl groups is 2. The van der Waals surface area contributed by atoms with Crippen molar-refractivity contribution in [3.63, 3.8) is 0 Å². The molecule has 4 N–H and O–H groups in total. The quantitative estimate of drug-likeness (QED) is 0.428. The lowest BCUT2D eigenvalue weighted by atomic mass is 9.97. The van der Waals surface area contributed by atoms with Crippen LogP contribution in [0.5, 0.6) is 0 Å². The highest BCUT2D eigenvalue weighted by atomic mass is 35.5. The minimum absolute atomic E-state index is 0.385. The van der Waals surface area contributed by atoms with E-state index in [9.17, 15) is 19.8 Å². The van der Waals surface area contributed by atoms with E-state index in [2.05, 4.69) is 10.6 Å². The summed E-state index contributed by atoms with van der Waals surface area (Å²) in [5.41, 5.74) is 2.75. The molecule has 33 heavy (non-hydrogen) atoms. The van der Waals surface area contributed by atoms with Crippen LogP contribution in [-0.4, -0.2) is 45.9 Å². The predicted molar refractivity (Wildman–Crippen MR) is 127 cm³/mol. The molecule has 0 radical (unpaired) electrons. The first kappa shape index (κ1) is 23.2. The van der Waals surface area contributed by atoms with Crippen molar-refractivity contribution in [2.45, 2.75) is 18.5 Å². The third-order valence-corrected chi connectivity index (χ3v) is 5.84. The lowest BCUT2D eigenvalue weighted by molar-refractivity contribution is -0.139. The van der Waals surface area contributed by atoms with Gasteiger partial charge in [0.15, 0.2) is 6.35 Å². The number of halogens is 2. The molecule has 1 fully saturated rings. The number of carbonyl (C=O) groups excluding carboxylic acids is 2.